The van der Waals surface area contributed by atoms with Gasteiger partial charge >= 0.3 is 0 Å². The van der Waals surface area contributed by atoms with Crippen LogP contribution < -0.4 is 5.73 Å². The summed E-state index contributed by atoms with van der Waals surface area (Å²) in [6.07, 6.45) is 6.38. The van der Waals surface area contributed by atoms with Crippen LogP contribution in [0.5, 0.6) is 0 Å². The lowest BCUT2D eigenvalue weighted by atomic mass is 10.1. The first-order valence-corrected chi connectivity index (χ1v) is 5.97. The zero-order chi connectivity index (χ0) is 12.5. The summed E-state index contributed by atoms with van der Waals surface area (Å²) in [6.45, 7) is 2.08. The van der Waals surface area contributed by atoms with E-state index in [1.807, 2.05) is 35.0 Å². The Balaban J connectivity index is 2.27. The Labute approximate surface area is 105 Å². The molecule has 1 aromatic carbocycles. The molecule has 4 nitrogen and oxygen atoms in total. The first-order chi connectivity index (χ1) is 8.81. The summed E-state index contributed by atoms with van der Waals surface area (Å²) in [5, 5.41) is 0.978. The Morgan fingerprint density at radius 3 is 2.89 bits per heavy atom. The van der Waals surface area contributed by atoms with Crippen molar-refractivity contribution < 1.29 is 0 Å². The van der Waals surface area contributed by atoms with E-state index >= 15 is 0 Å². The SMILES string of the molecule is CCc1nccn1-c1ccc2ncccc2c1N. The number of aromatic nitrogens is 3. The van der Waals surface area contributed by atoms with Gasteiger partial charge in [0.05, 0.1) is 16.9 Å². The molecule has 0 amide bonds. The molecule has 0 aliphatic rings. The van der Waals surface area contributed by atoms with Crippen molar-refractivity contribution in [1.82, 2.24) is 14.5 Å². The molecular formula is C14H14N4. The minimum absolute atomic E-state index is 0.744. The van der Waals surface area contributed by atoms with E-state index in [2.05, 4.69) is 16.9 Å². The Hall–Kier alpha value is -2.36. The van der Waals surface area contributed by atoms with Crippen molar-refractivity contribution >= 4 is 16.6 Å². The topological polar surface area (TPSA) is 56.7 Å². The van der Waals surface area contributed by atoms with E-state index in [4.69, 9.17) is 5.73 Å². The largest absolute Gasteiger partial charge is 0.396 e. The summed E-state index contributed by atoms with van der Waals surface area (Å²) >= 11 is 0. The van der Waals surface area contributed by atoms with Gasteiger partial charge in [0.15, 0.2) is 0 Å². The van der Waals surface area contributed by atoms with Crippen LogP contribution in [-0.4, -0.2) is 14.5 Å². The van der Waals surface area contributed by atoms with E-state index in [-0.39, 0.29) is 0 Å². The van der Waals surface area contributed by atoms with Gasteiger partial charge in [0, 0.05) is 30.4 Å². The Kier molecular flexibility index (Phi) is 2.48. The van der Waals surface area contributed by atoms with Gasteiger partial charge in [-0.25, -0.2) is 4.98 Å². The van der Waals surface area contributed by atoms with Crippen molar-refractivity contribution in [3.63, 3.8) is 0 Å². The molecule has 0 unspecified atom stereocenters. The van der Waals surface area contributed by atoms with Crippen LogP contribution >= 0.6 is 0 Å². The van der Waals surface area contributed by atoms with E-state index in [0.717, 1.165) is 34.5 Å². The third-order valence-corrected chi connectivity index (χ3v) is 3.10. The molecule has 0 fully saturated rings. The number of hydrogen-bond donors (Lipinski definition) is 1. The minimum Gasteiger partial charge on any atom is -0.396 e. The van der Waals surface area contributed by atoms with E-state index in [9.17, 15) is 0 Å². The van der Waals surface area contributed by atoms with Crippen LogP contribution in [0, 0.1) is 0 Å². The lowest BCUT2D eigenvalue weighted by Gasteiger charge is -2.11. The summed E-state index contributed by atoms with van der Waals surface area (Å²) < 4.78 is 2.03. The van der Waals surface area contributed by atoms with E-state index in [0.29, 0.717) is 0 Å². The highest BCUT2D eigenvalue weighted by molar-refractivity contribution is 5.94. The number of anilines is 1. The normalized spacial score (nSPS) is 10.9. The maximum atomic E-state index is 6.25. The second-order valence-corrected chi connectivity index (χ2v) is 4.14. The molecule has 0 saturated heterocycles. The van der Waals surface area contributed by atoms with Gasteiger partial charge in [-0.1, -0.05) is 6.92 Å². The van der Waals surface area contributed by atoms with Crippen LogP contribution in [0.25, 0.3) is 16.6 Å². The number of nitrogen functional groups attached to an aromatic ring is 1. The number of imidazole rings is 1. The standard InChI is InChI=1S/C14H14N4/c1-2-13-17-8-9-18(13)12-6-5-11-10(14(12)15)4-3-7-16-11/h3-9H,2,15H2,1H3. The fourth-order valence-electron chi connectivity index (χ4n) is 2.19. The first-order valence-electron chi connectivity index (χ1n) is 5.97. The van der Waals surface area contributed by atoms with Crippen LogP contribution in [0.2, 0.25) is 0 Å². The van der Waals surface area contributed by atoms with Gasteiger partial charge in [-0.15, -0.1) is 0 Å². The third kappa shape index (κ3) is 1.54. The van der Waals surface area contributed by atoms with Crippen molar-refractivity contribution in [2.24, 2.45) is 0 Å². The molecule has 3 aromatic rings. The van der Waals surface area contributed by atoms with Crippen LogP contribution in [0.4, 0.5) is 5.69 Å². The molecule has 0 radical (unpaired) electrons. The second kappa shape index (κ2) is 4.14. The molecular weight excluding hydrogens is 224 g/mol. The van der Waals surface area contributed by atoms with Crippen molar-refractivity contribution in [2.75, 3.05) is 5.73 Å². The molecule has 0 atom stereocenters. The smallest absolute Gasteiger partial charge is 0.112 e. The quantitative estimate of drug-likeness (QED) is 0.698. The molecule has 0 bridgehead atoms. The monoisotopic (exact) mass is 238 g/mol. The maximum absolute atomic E-state index is 6.25. The van der Waals surface area contributed by atoms with Crippen molar-refractivity contribution in [3.05, 3.63) is 48.7 Å². The van der Waals surface area contributed by atoms with Gasteiger partial charge in [0.25, 0.3) is 0 Å². The van der Waals surface area contributed by atoms with Crippen LogP contribution in [0.1, 0.15) is 12.7 Å². The highest BCUT2D eigenvalue weighted by atomic mass is 15.1. The van der Waals surface area contributed by atoms with Gasteiger partial charge in [0.2, 0.25) is 0 Å². The fraction of sp³-hybridized carbons (Fsp3) is 0.143. The number of nitrogens with two attached hydrogens (primary N) is 1. The van der Waals surface area contributed by atoms with E-state index in [1.54, 1.807) is 12.4 Å². The summed E-state index contributed by atoms with van der Waals surface area (Å²) in [5.41, 5.74) is 8.87. The van der Waals surface area contributed by atoms with Gasteiger partial charge in [0.1, 0.15) is 5.82 Å². The molecule has 3 rings (SSSR count). The third-order valence-electron chi connectivity index (χ3n) is 3.10. The molecule has 0 saturated carbocycles. The van der Waals surface area contributed by atoms with Crippen molar-refractivity contribution in [2.45, 2.75) is 13.3 Å². The number of hydrogen-bond acceptors (Lipinski definition) is 3. The highest BCUT2D eigenvalue weighted by Crippen LogP contribution is 2.27. The van der Waals surface area contributed by atoms with Crippen LogP contribution in [0.3, 0.4) is 0 Å². The predicted molar refractivity (Wildman–Crippen MR) is 72.7 cm³/mol. The Morgan fingerprint density at radius 1 is 1.17 bits per heavy atom. The van der Waals surface area contributed by atoms with Crippen molar-refractivity contribution in [1.29, 1.82) is 0 Å². The van der Waals surface area contributed by atoms with Gasteiger partial charge < -0.3 is 10.3 Å². The molecule has 0 aliphatic heterocycles. The number of pyridine rings is 1. The molecule has 2 heterocycles. The maximum Gasteiger partial charge on any atom is 0.112 e. The lowest BCUT2D eigenvalue weighted by Crippen LogP contribution is -2.03. The molecule has 4 heteroatoms. The molecule has 90 valence electrons. The second-order valence-electron chi connectivity index (χ2n) is 4.14. The summed E-state index contributed by atoms with van der Waals surface area (Å²) in [4.78, 5) is 8.63. The highest BCUT2D eigenvalue weighted by Gasteiger charge is 2.09. The Bertz CT molecular complexity index is 700. The van der Waals surface area contributed by atoms with Gasteiger partial charge in [-0.3, -0.25) is 4.98 Å². The zero-order valence-corrected chi connectivity index (χ0v) is 10.2. The number of aryl methyl sites for hydroxylation is 1. The van der Waals surface area contributed by atoms with Gasteiger partial charge in [-0.05, 0) is 24.3 Å². The fourth-order valence-corrected chi connectivity index (χ4v) is 2.19. The number of fused-ring (bicyclic) bond motifs is 1. The summed E-state index contributed by atoms with van der Waals surface area (Å²) in [5.74, 6) is 1.00. The number of rotatable bonds is 2. The number of benzene rings is 1. The molecule has 2 aromatic heterocycles. The molecule has 0 aliphatic carbocycles. The van der Waals surface area contributed by atoms with Gasteiger partial charge in [-0.2, -0.15) is 0 Å². The zero-order valence-electron chi connectivity index (χ0n) is 10.2. The average Bonchev–Trinajstić information content (AvgIpc) is 2.88. The predicted octanol–water partition coefficient (Wildman–Crippen LogP) is 2.57. The Morgan fingerprint density at radius 2 is 2.06 bits per heavy atom. The number of nitrogens with zero attached hydrogens (tertiary/aromatic N) is 3. The lowest BCUT2D eigenvalue weighted by molar-refractivity contribution is 0.893. The summed E-state index contributed by atoms with van der Waals surface area (Å²) in [6, 6.07) is 7.87. The molecule has 0 spiro atoms. The van der Waals surface area contributed by atoms with E-state index < -0.39 is 0 Å². The van der Waals surface area contributed by atoms with Crippen molar-refractivity contribution in [3.8, 4) is 5.69 Å². The minimum atomic E-state index is 0.744. The molecule has 2 N–H and O–H groups in total. The first kappa shape index (κ1) is 10.8. The van der Waals surface area contributed by atoms with Crippen LogP contribution in [0.15, 0.2) is 42.9 Å². The molecule has 18 heavy (non-hydrogen) atoms. The average molecular weight is 238 g/mol. The summed E-state index contributed by atoms with van der Waals surface area (Å²) in [7, 11) is 0. The van der Waals surface area contributed by atoms with Crippen LogP contribution in [-0.2, 0) is 6.42 Å². The van der Waals surface area contributed by atoms with E-state index in [1.165, 1.54) is 0 Å².